The molecule has 2 heterocycles. The van der Waals surface area contributed by atoms with E-state index in [1.165, 1.54) is 0 Å². The van der Waals surface area contributed by atoms with Crippen LogP contribution >= 0.6 is 11.8 Å². The molecule has 0 unspecified atom stereocenters. The van der Waals surface area contributed by atoms with Crippen LogP contribution in [0.25, 0.3) is 0 Å². The maximum Gasteiger partial charge on any atom is 0.312 e. The number of hydrogen-bond donors (Lipinski definition) is 1. The van der Waals surface area contributed by atoms with Crippen LogP contribution in [-0.4, -0.2) is 32.8 Å². The third-order valence-corrected chi connectivity index (χ3v) is 3.40. The number of nitrogens with zero attached hydrogens (tertiary/aromatic N) is 2. The Labute approximate surface area is 91.3 Å². The summed E-state index contributed by atoms with van der Waals surface area (Å²) in [6.07, 6.45) is 1.90. The number of aromatic nitrogens is 2. The van der Waals surface area contributed by atoms with Crippen LogP contribution in [0.15, 0.2) is 4.42 Å². The van der Waals surface area contributed by atoms with E-state index in [1.54, 1.807) is 0 Å². The lowest BCUT2D eigenvalue weighted by molar-refractivity contribution is -0.136. The number of carboxylic acid groups (broad SMARTS) is 1. The van der Waals surface area contributed by atoms with Gasteiger partial charge >= 0.3 is 5.97 Å². The molecule has 1 saturated heterocycles. The molecule has 0 aromatic carbocycles. The summed E-state index contributed by atoms with van der Waals surface area (Å²) in [7, 11) is 0. The van der Waals surface area contributed by atoms with Crippen LogP contribution < -0.4 is 0 Å². The molecule has 0 radical (unpaired) electrons. The molecular weight excluding hydrogens is 216 g/mol. The van der Waals surface area contributed by atoms with Crippen molar-refractivity contribution in [2.24, 2.45) is 0 Å². The van der Waals surface area contributed by atoms with Gasteiger partial charge in [-0.05, 0) is 24.3 Å². The number of carboxylic acids is 1. The van der Waals surface area contributed by atoms with Crippen LogP contribution in [0.3, 0.4) is 0 Å². The van der Waals surface area contributed by atoms with Gasteiger partial charge in [0.15, 0.2) is 0 Å². The Morgan fingerprint density at radius 1 is 1.47 bits per heavy atom. The smallest absolute Gasteiger partial charge is 0.312 e. The summed E-state index contributed by atoms with van der Waals surface area (Å²) in [5, 5.41) is 16.2. The molecule has 2 rings (SSSR count). The molecule has 1 aromatic rings. The van der Waals surface area contributed by atoms with Crippen LogP contribution in [0.4, 0.5) is 0 Å². The Bertz CT molecular complexity index is 347. The zero-order chi connectivity index (χ0) is 10.7. The van der Waals surface area contributed by atoms with Gasteiger partial charge in [-0.25, -0.2) is 0 Å². The van der Waals surface area contributed by atoms with E-state index in [4.69, 9.17) is 9.52 Å². The molecule has 0 amide bonds. The molecule has 1 aliphatic heterocycles. The fraction of sp³-hybridized carbons (Fsp3) is 0.667. The minimum Gasteiger partial charge on any atom is -0.481 e. The second-order valence-corrected chi connectivity index (χ2v) is 4.72. The second-order valence-electron chi connectivity index (χ2n) is 3.49. The van der Waals surface area contributed by atoms with Gasteiger partial charge in [0.25, 0.3) is 0 Å². The summed E-state index contributed by atoms with van der Waals surface area (Å²) in [4.78, 5) is 10.4. The van der Waals surface area contributed by atoms with Gasteiger partial charge in [-0.1, -0.05) is 0 Å². The predicted octanol–water partition coefficient (Wildman–Crippen LogP) is 1.31. The molecule has 1 fully saturated rings. The number of hydrogen-bond acceptors (Lipinski definition) is 5. The van der Waals surface area contributed by atoms with E-state index in [2.05, 4.69) is 10.2 Å². The molecule has 0 saturated carbocycles. The van der Waals surface area contributed by atoms with Crippen molar-refractivity contribution in [3.63, 3.8) is 0 Å². The summed E-state index contributed by atoms with van der Waals surface area (Å²) >= 11 is 1.93. The van der Waals surface area contributed by atoms with Gasteiger partial charge < -0.3 is 9.52 Å². The van der Waals surface area contributed by atoms with E-state index in [1.807, 2.05) is 11.8 Å². The minimum atomic E-state index is -0.940. The van der Waals surface area contributed by atoms with E-state index in [-0.39, 0.29) is 12.3 Å². The molecule has 6 heteroatoms. The Balaban J connectivity index is 2.02. The van der Waals surface area contributed by atoms with Crippen LogP contribution in [0.2, 0.25) is 0 Å². The van der Waals surface area contributed by atoms with Crippen molar-refractivity contribution >= 4 is 17.7 Å². The van der Waals surface area contributed by atoms with Crippen molar-refractivity contribution in [2.75, 3.05) is 11.5 Å². The molecule has 0 spiro atoms. The average molecular weight is 228 g/mol. The number of thioether (sulfide) groups is 1. The third-order valence-electron chi connectivity index (χ3n) is 2.36. The molecule has 1 N–H and O–H groups in total. The molecule has 0 bridgehead atoms. The first kappa shape index (κ1) is 10.5. The molecule has 1 aromatic heterocycles. The predicted molar refractivity (Wildman–Crippen MR) is 54.9 cm³/mol. The van der Waals surface area contributed by atoms with Crippen molar-refractivity contribution in [3.8, 4) is 0 Å². The average Bonchev–Trinajstić information content (AvgIpc) is 2.67. The van der Waals surface area contributed by atoms with E-state index >= 15 is 0 Å². The number of aliphatic carboxylic acids is 1. The normalized spacial score (nSPS) is 17.9. The summed E-state index contributed by atoms with van der Waals surface area (Å²) in [6.45, 7) is 0. The van der Waals surface area contributed by atoms with Gasteiger partial charge in [0.2, 0.25) is 11.8 Å². The number of carbonyl (C=O) groups is 1. The Morgan fingerprint density at radius 2 is 2.20 bits per heavy atom. The van der Waals surface area contributed by atoms with E-state index in [0.29, 0.717) is 11.8 Å². The Morgan fingerprint density at radius 3 is 2.87 bits per heavy atom. The molecule has 1 aliphatic rings. The third kappa shape index (κ3) is 2.71. The standard InChI is InChI=1S/C9H12N2O3S/c12-8(13)5-7-10-11-9(14-7)6-1-3-15-4-2-6/h6H,1-5H2,(H,12,13). The molecule has 0 atom stereocenters. The van der Waals surface area contributed by atoms with Crippen molar-refractivity contribution in [3.05, 3.63) is 11.8 Å². The van der Waals surface area contributed by atoms with Gasteiger partial charge in [0.1, 0.15) is 6.42 Å². The first-order valence-corrected chi connectivity index (χ1v) is 6.03. The topological polar surface area (TPSA) is 76.2 Å². The number of rotatable bonds is 3. The van der Waals surface area contributed by atoms with Crippen LogP contribution in [0.1, 0.15) is 30.5 Å². The lowest BCUT2D eigenvalue weighted by Crippen LogP contribution is -2.08. The lowest BCUT2D eigenvalue weighted by Gasteiger charge is -2.17. The highest BCUT2D eigenvalue weighted by Gasteiger charge is 2.21. The monoisotopic (exact) mass is 228 g/mol. The molecule has 15 heavy (non-hydrogen) atoms. The summed E-state index contributed by atoms with van der Waals surface area (Å²) in [6, 6.07) is 0. The quantitative estimate of drug-likeness (QED) is 0.840. The maximum absolute atomic E-state index is 10.4. The van der Waals surface area contributed by atoms with Gasteiger partial charge in [0.05, 0.1) is 0 Å². The van der Waals surface area contributed by atoms with Gasteiger partial charge in [-0.2, -0.15) is 11.8 Å². The fourth-order valence-corrected chi connectivity index (χ4v) is 2.68. The first-order chi connectivity index (χ1) is 7.25. The van der Waals surface area contributed by atoms with Crippen molar-refractivity contribution < 1.29 is 14.3 Å². The Hall–Kier alpha value is -1.04. The minimum absolute atomic E-state index is 0.186. The van der Waals surface area contributed by atoms with E-state index in [0.717, 1.165) is 24.3 Å². The van der Waals surface area contributed by atoms with Gasteiger partial charge in [-0.15, -0.1) is 10.2 Å². The highest BCUT2D eigenvalue weighted by molar-refractivity contribution is 7.99. The van der Waals surface area contributed by atoms with Crippen LogP contribution in [0.5, 0.6) is 0 Å². The van der Waals surface area contributed by atoms with Crippen LogP contribution in [-0.2, 0) is 11.2 Å². The van der Waals surface area contributed by atoms with E-state index < -0.39 is 5.97 Å². The fourth-order valence-electron chi connectivity index (χ4n) is 1.58. The lowest BCUT2D eigenvalue weighted by atomic mass is 10.0. The summed E-state index contributed by atoms with van der Waals surface area (Å²) in [5.74, 6) is 2.41. The van der Waals surface area contributed by atoms with Gasteiger partial charge in [-0.3, -0.25) is 4.79 Å². The zero-order valence-electron chi connectivity index (χ0n) is 8.18. The summed E-state index contributed by atoms with van der Waals surface area (Å²) in [5.41, 5.74) is 0. The molecule has 0 aliphatic carbocycles. The largest absolute Gasteiger partial charge is 0.481 e. The SMILES string of the molecule is O=C(O)Cc1nnc(C2CCSCC2)o1. The highest BCUT2D eigenvalue weighted by atomic mass is 32.2. The highest BCUT2D eigenvalue weighted by Crippen LogP contribution is 2.30. The van der Waals surface area contributed by atoms with Crippen LogP contribution in [0, 0.1) is 0 Å². The van der Waals surface area contributed by atoms with E-state index in [9.17, 15) is 4.79 Å². The van der Waals surface area contributed by atoms with Crippen molar-refractivity contribution in [1.82, 2.24) is 10.2 Å². The maximum atomic E-state index is 10.4. The molecular formula is C9H12N2O3S. The second kappa shape index (κ2) is 4.65. The Kier molecular flexibility index (Phi) is 3.25. The van der Waals surface area contributed by atoms with Gasteiger partial charge in [0, 0.05) is 5.92 Å². The first-order valence-electron chi connectivity index (χ1n) is 4.87. The van der Waals surface area contributed by atoms with Crippen molar-refractivity contribution in [2.45, 2.75) is 25.2 Å². The summed E-state index contributed by atoms with van der Waals surface area (Å²) < 4.78 is 5.32. The van der Waals surface area contributed by atoms with Crippen molar-refractivity contribution in [1.29, 1.82) is 0 Å². The zero-order valence-corrected chi connectivity index (χ0v) is 9.00. The molecule has 5 nitrogen and oxygen atoms in total. The molecule has 82 valence electrons.